The van der Waals surface area contributed by atoms with E-state index in [0.717, 1.165) is 5.54 Å². The minimum Gasteiger partial charge on any atom is -0.0652 e. The van der Waals surface area contributed by atoms with Crippen molar-refractivity contribution in [3.05, 3.63) is 90.5 Å². The van der Waals surface area contributed by atoms with Gasteiger partial charge in [-0.1, -0.05) is 110 Å². The van der Waals surface area contributed by atoms with Gasteiger partial charge in [0, 0.05) is 0 Å². The zero-order chi connectivity index (χ0) is 17.7. The van der Waals surface area contributed by atoms with Gasteiger partial charge in [-0.15, -0.1) is 0 Å². The van der Waals surface area contributed by atoms with E-state index in [-0.39, 0.29) is 0 Å². The van der Waals surface area contributed by atoms with E-state index in [0.29, 0.717) is 0 Å². The van der Waals surface area contributed by atoms with Crippen molar-refractivity contribution in [2.24, 2.45) is 0 Å². The largest absolute Gasteiger partial charge is 0.0834 e. The summed E-state index contributed by atoms with van der Waals surface area (Å²) in [7, 11) is -1.46. The third kappa shape index (κ3) is 4.29. The predicted molar refractivity (Wildman–Crippen MR) is 113 cm³/mol. The van der Waals surface area contributed by atoms with Crippen LogP contribution in [-0.2, 0) is 6.42 Å². The van der Waals surface area contributed by atoms with Gasteiger partial charge in [0.15, 0.2) is 0 Å². The van der Waals surface area contributed by atoms with Gasteiger partial charge in [-0.2, -0.15) is 0 Å². The van der Waals surface area contributed by atoms with Crippen LogP contribution in [0.5, 0.6) is 0 Å². The fraction of sp³-hybridized carbons (Fsp3) is 0.250. The molecule has 0 spiro atoms. The average molecular weight is 345 g/mol. The second-order valence-electron chi connectivity index (χ2n) is 7.59. The van der Waals surface area contributed by atoms with Crippen molar-refractivity contribution in [1.29, 1.82) is 0 Å². The van der Waals surface area contributed by atoms with E-state index in [9.17, 15) is 0 Å². The number of benzene rings is 3. The molecule has 0 fully saturated rings. The molecule has 0 aliphatic heterocycles. The van der Waals surface area contributed by atoms with Crippen molar-refractivity contribution in [3.63, 3.8) is 0 Å². The fourth-order valence-electron chi connectivity index (χ4n) is 3.40. The minimum absolute atomic E-state index is 0.760. The maximum atomic E-state index is 2.51. The van der Waals surface area contributed by atoms with Gasteiger partial charge in [-0.3, -0.25) is 0 Å². The van der Waals surface area contributed by atoms with Crippen LogP contribution in [0.25, 0.3) is 11.1 Å². The van der Waals surface area contributed by atoms with Crippen molar-refractivity contribution in [3.8, 4) is 11.1 Å². The van der Waals surface area contributed by atoms with Crippen LogP contribution >= 0.6 is 0 Å². The highest BCUT2D eigenvalue weighted by molar-refractivity contribution is 6.90. The zero-order valence-electron chi connectivity index (χ0n) is 15.6. The van der Waals surface area contributed by atoms with Crippen molar-refractivity contribution >= 4 is 13.3 Å². The lowest BCUT2D eigenvalue weighted by Gasteiger charge is -2.30. The molecule has 0 N–H and O–H groups in total. The number of aryl methyl sites for hydroxylation is 1. The molecule has 1 atom stereocenters. The summed E-state index contributed by atoms with van der Waals surface area (Å²) in [6, 6.07) is 30.8. The maximum absolute atomic E-state index is 2.51. The van der Waals surface area contributed by atoms with Crippen LogP contribution in [0.3, 0.4) is 0 Å². The molecule has 3 aromatic rings. The van der Waals surface area contributed by atoms with Crippen LogP contribution < -0.4 is 5.19 Å². The van der Waals surface area contributed by atoms with Crippen LogP contribution in [0.15, 0.2) is 84.9 Å². The van der Waals surface area contributed by atoms with E-state index < -0.39 is 8.07 Å². The molecule has 0 saturated heterocycles. The standard InChI is InChI=1S/C24H28Si/c1-20(14-15-21-10-6-4-7-11-21)25(2,3)24-18-16-23(17-19-24)22-12-8-5-9-13-22/h4-13,16-20H,14-15H2,1-3H3. The lowest BCUT2D eigenvalue weighted by atomic mass is 10.1. The summed E-state index contributed by atoms with van der Waals surface area (Å²) in [4.78, 5) is 0. The van der Waals surface area contributed by atoms with Gasteiger partial charge in [-0.05, 0) is 35.1 Å². The highest BCUT2D eigenvalue weighted by Gasteiger charge is 2.30. The Morgan fingerprint density at radius 3 is 1.80 bits per heavy atom. The van der Waals surface area contributed by atoms with Gasteiger partial charge in [0.25, 0.3) is 0 Å². The molecule has 0 aliphatic carbocycles. The highest BCUT2D eigenvalue weighted by atomic mass is 28.3. The van der Waals surface area contributed by atoms with E-state index >= 15 is 0 Å². The molecule has 0 heterocycles. The van der Waals surface area contributed by atoms with Gasteiger partial charge < -0.3 is 0 Å². The van der Waals surface area contributed by atoms with Gasteiger partial charge in [0.1, 0.15) is 0 Å². The molecule has 0 bridgehead atoms. The molecule has 0 nitrogen and oxygen atoms in total. The molecule has 0 saturated carbocycles. The molecular formula is C24H28Si. The third-order valence-corrected chi connectivity index (χ3v) is 10.3. The first-order valence-electron chi connectivity index (χ1n) is 9.27. The molecule has 128 valence electrons. The van der Waals surface area contributed by atoms with E-state index in [2.05, 4.69) is 105 Å². The Labute approximate surface area is 153 Å². The van der Waals surface area contributed by atoms with E-state index in [1.165, 1.54) is 29.5 Å². The second kappa shape index (κ2) is 7.84. The van der Waals surface area contributed by atoms with Crippen LogP contribution in [-0.4, -0.2) is 8.07 Å². The SMILES string of the molecule is CC(CCc1ccccc1)[Si](C)(C)c1ccc(-c2ccccc2)cc1. The Bertz CT molecular complexity index is 773. The van der Waals surface area contributed by atoms with Crippen LogP contribution in [0.1, 0.15) is 18.9 Å². The molecule has 25 heavy (non-hydrogen) atoms. The van der Waals surface area contributed by atoms with Crippen molar-refractivity contribution in [1.82, 2.24) is 0 Å². The van der Waals surface area contributed by atoms with E-state index in [4.69, 9.17) is 0 Å². The smallest absolute Gasteiger partial charge is 0.0652 e. The van der Waals surface area contributed by atoms with Crippen molar-refractivity contribution in [2.45, 2.75) is 38.4 Å². The van der Waals surface area contributed by atoms with Gasteiger partial charge in [0.2, 0.25) is 0 Å². The summed E-state index contributed by atoms with van der Waals surface area (Å²) in [5, 5.41) is 1.56. The van der Waals surface area contributed by atoms with Crippen LogP contribution in [0.2, 0.25) is 18.6 Å². The Balaban J connectivity index is 1.70. The second-order valence-corrected chi connectivity index (χ2v) is 12.6. The number of rotatable bonds is 6. The zero-order valence-corrected chi connectivity index (χ0v) is 16.6. The first kappa shape index (κ1) is 17.7. The molecule has 3 aromatic carbocycles. The predicted octanol–water partition coefficient (Wildman–Crippen LogP) is 6.29. The molecule has 0 aliphatic rings. The Morgan fingerprint density at radius 2 is 1.20 bits per heavy atom. The quantitative estimate of drug-likeness (QED) is 0.461. The number of hydrogen-bond donors (Lipinski definition) is 0. The summed E-state index contributed by atoms with van der Waals surface area (Å²) in [5.74, 6) is 0. The lowest BCUT2D eigenvalue weighted by Crippen LogP contribution is -2.45. The summed E-state index contributed by atoms with van der Waals surface area (Å²) in [5.41, 5.74) is 4.82. The van der Waals surface area contributed by atoms with Gasteiger partial charge >= 0.3 is 0 Å². The van der Waals surface area contributed by atoms with Crippen molar-refractivity contribution < 1.29 is 0 Å². The van der Waals surface area contributed by atoms with E-state index in [1.807, 2.05) is 0 Å². The molecule has 1 unspecified atom stereocenters. The van der Waals surface area contributed by atoms with E-state index in [1.54, 1.807) is 5.19 Å². The summed E-state index contributed by atoms with van der Waals surface area (Å²) in [6.07, 6.45) is 2.45. The first-order chi connectivity index (χ1) is 12.1. The molecular weight excluding hydrogens is 316 g/mol. The molecule has 0 amide bonds. The van der Waals surface area contributed by atoms with Crippen LogP contribution in [0, 0.1) is 0 Å². The van der Waals surface area contributed by atoms with Crippen LogP contribution in [0.4, 0.5) is 0 Å². The first-order valence-corrected chi connectivity index (χ1v) is 12.3. The molecule has 0 radical (unpaired) electrons. The molecule has 3 rings (SSSR count). The number of hydrogen-bond acceptors (Lipinski definition) is 0. The average Bonchev–Trinajstić information content (AvgIpc) is 2.67. The minimum atomic E-state index is -1.46. The molecule has 1 heteroatoms. The van der Waals surface area contributed by atoms with Crippen molar-refractivity contribution in [2.75, 3.05) is 0 Å². The maximum Gasteiger partial charge on any atom is 0.0834 e. The topological polar surface area (TPSA) is 0 Å². The Kier molecular flexibility index (Phi) is 5.55. The third-order valence-electron chi connectivity index (χ3n) is 5.68. The summed E-state index contributed by atoms with van der Waals surface area (Å²) >= 11 is 0. The summed E-state index contributed by atoms with van der Waals surface area (Å²) in [6.45, 7) is 7.47. The highest BCUT2D eigenvalue weighted by Crippen LogP contribution is 2.27. The lowest BCUT2D eigenvalue weighted by molar-refractivity contribution is 0.770. The Morgan fingerprint density at radius 1 is 0.680 bits per heavy atom. The van der Waals surface area contributed by atoms with Gasteiger partial charge in [-0.25, -0.2) is 0 Å². The Hall–Kier alpha value is -2.12. The monoisotopic (exact) mass is 344 g/mol. The fourth-order valence-corrected chi connectivity index (χ4v) is 5.86. The summed E-state index contributed by atoms with van der Waals surface area (Å²) < 4.78 is 0. The molecule has 0 aromatic heterocycles. The van der Waals surface area contributed by atoms with Gasteiger partial charge in [0.05, 0.1) is 8.07 Å². The normalized spacial score (nSPS) is 12.8.